The summed E-state index contributed by atoms with van der Waals surface area (Å²) in [5.74, 6) is 6.35. The van der Waals surface area contributed by atoms with E-state index in [0.29, 0.717) is 24.0 Å². The normalized spacial score (nSPS) is 18.2. The van der Waals surface area contributed by atoms with Crippen molar-refractivity contribution < 1.29 is 9.53 Å². The number of rotatable bonds is 3. The van der Waals surface area contributed by atoms with Crippen molar-refractivity contribution in [2.45, 2.75) is 16.8 Å². The van der Waals surface area contributed by atoms with E-state index in [-0.39, 0.29) is 11.2 Å². The number of halogens is 1. The zero-order valence-corrected chi connectivity index (χ0v) is 12.7. The van der Waals surface area contributed by atoms with Gasteiger partial charge in [-0.2, -0.15) is 0 Å². The molecule has 20 heavy (non-hydrogen) atoms. The lowest BCUT2D eigenvalue weighted by atomic mass is 10.2. The number of esters is 1. The van der Waals surface area contributed by atoms with Crippen molar-refractivity contribution in [3.8, 4) is 11.4 Å². The van der Waals surface area contributed by atoms with Crippen molar-refractivity contribution in [3.63, 3.8) is 0 Å². The predicted octanol–water partition coefficient (Wildman–Crippen LogP) is 1.83. The number of hydrogen-bond acceptors (Lipinski definition) is 6. The van der Waals surface area contributed by atoms with E-state index in [1.807, 2.05) is 24.3 Å². The molecule has 1 aliphatic heterocycles. The summed E-state index contributed by atoms with van der Waals surface area (Å²) in [5, 5.41) is 8.39. The minimum atomic E-state index is -0.253. The van der Waals surface area contributed by atoms with Gasteiger partial charge in [0.15, 0.2) is 5.82 Å². The maximum absolute atomic E-state index is 11.5. The number of thioether (sulfide) groups is 1. The number of hydrogen-bond donors (Lipinski definition) is 1. The molecule has 2 aromatic rings. The van der Waals surface area contributed by atoms with E-state index >= 15 is 0 Å². The molecule has 1 fully saturated rings. The first-order valence-corrected chi connectivity index (χ1v) is 7.62. The minimum absolute atomic E-state index is 0.220. The first kappa shape index (κ1) is 13.4. The van der Waals surface area contributed by atoms with Crippen molar-refractivity contribution >= 4 is 33.7 Å². The third kappa shape index (κ3) is 2.53. The molecule has 6 nitrogen and oxygen atoms in total. The van der Waals surface area contributed by atoms with Gasteiger partial charge in [-0.1, -0.05) is 39.8 Å². The summed E-state index contributed by atoms with van der Waals surface area (Å²) in [5.41, 5.74) is 0.857. The third-order valence-electron chi connectivity index (χ3n) is 2.88. The van der Waals surface area contributed by atoms with Crippen molar-refractivity contribution in [1.29, 1.82) is 0 Å². The van der Waals surface area contributed by atoms with E-state index in [2.05, 4.69) is 26.1 Å². The summed E-state index contributed by atoms with van der Waals surface area (Å²) >= 11 is 4.69. The topological polar surface area (TPSA) is 83.0 Å². The summed E-state index contributed by atoms with van der Waals surface area (Å²) in [6.45, 7) is 0.452. The number of carbonyl (C=O) groups is 1. The van der Waals surface area contributed by atoms with E-state index in [1.54, 1.807) is 0 Å². The van der Waals surface area contributed by atoms with Gasteiger partial charge in [-0.15, -0.1) is 10.2 Å². The fourth-order valence-electron chi connectivity index (χ4n) is 1.89. The minimum Gasteiger partial charge on any atom is -0.465 e. The average molecular weight is 355 g/mol. The van der Waals surface area contributed by atoms with E-state index in [1.165, 1.54) is 16.4 Å². The summed E-state index contributed by atoms with van der Waals surface area (Å²) in [6, 6.07) is 7.63. The Labute approximate surface area is 127 Å². The highest BCUT2D eigenvalue weighted by atomic mass is 79.9. The molecule has 1 aromatic heterocycles. The van der Waals surface area contributed by atoms with Crippen LogP contribution in [0.5, 0.6) is 0 Å². The summed E-state index contributed by atoms with van der Waals surface area (Å²) in [7, 11) is 0. The van der Waals surface area contributed by atoms with Crippen LogP contribution in [0.4, 0.5) is 0 Å². The average Bonchev–Trinajstić information content (AvgIpc) is 2.98. The van der Waals surface area contributed by atoms with E-state index in [0.717, 1.165) is 10.0 Å². The number of aromatic nitrogens is 3. The van der Waals surface area contributed by atoms with Gasteiger partial charge in [0.1, 0.15) is 5.25 Å². The largest absolute Gasteiger partial charge is 0.465 e. The molecule has 1 saturated heterocycles. The molecule has 1 atom stereocenters. The summed E-state index contributed by atoms with van der Waals surface area (Å²) in [4.78, 5) is 11.5. The first-order chi connectivity index (χ1) is 9.65. The Morgan fingerprint density at radius 2 is 2.30 bits per heavy atom. The number of ether oxygens (including phenoxy) is 1. The molecule has 0 spiro atoms. The van der Waals surface area contributed by atoms with Crippen LogP contribution >= 0.6 is 27.7 Å². The van der Waals surface area contributed by atoms with Gasteiger partial charge < -0.3 is 10.6 Å². The smallest absolute Gasteiger partial charge is 0.319 e. The van der Waals surface area contributed by atoms with Gasteiger partial charge in [0.25, 0.3) is 0 Å². The van der Waals surface area contributed by atoms with Crippen molar-refractivity contribution in [2.24, 2.45) is 0 Å². The molecule has 2 N–H and O–H groups in total. The molecule has 0 saturated carbocycles. The van der Waals surface area contributed by atoms with Crippen LogP contribution in [0.25, 0.3) is 11.4 Å². The van der Waals surface area contributed by atoms with Gasteiger partial charge in [-0.25, -0.2) is 4.68 Å². The Morgan fingerprint density at radius 3 is 3.00 bits per heavy atom. The molecule has 8 heteroatoms. The molecule has 0 amide bonds. The van der Waals surface area contributed by atoms with Crippen LogP contribution in [0, 0.1) is 0 Å². The lowest BCUT2D eigenvalue weighted by Crippen LogP contribution is -2.15. The van der Waals surface area contributed by atoms with Gasteiger partial charge in [0, 0.05) is 16.5 Å². The van der Waals surface area contributed by atoms with Crippen molar-refractivity contribution in [1.82, 2.24) is 14.9 Å². The fraction of sp³-hybridized carbons (Fsp3) is 0.250. The van der Waals surface area contributed by atoms with Crippen LogP contribution in [-0.4, -0.2) is 32.7 Å². The number of nitrogens with zero attached hydrogens (tertiary/aromatic N) is 3. The Hall–Kier alpha value is -1.54. The Balaban J connectivity index is 1.87. The number of carbonyl (C=O) groups excluding carboxylic acids is 1. The maximum atomic E-state index is 11.5. The second-order valence-electron chi connectivity index (χ2n) is 4.25. The summed E-state index contributed by atoms with van der Waals surface area (Å²) in [6.07, 6.45) is 0.669. The number of nitrogens with two attached hydrogens (primary N) is 1. The standard InChI is InChI=1S/C12H11BrN4O2S/c13-8-3-1-2-7(6-8)10-15-16-12(17(10)14)20-9-4-5-19-11(9)18/h1-3,6,9H,4-5,14H2/t9-/m1/s1. The van der Waals surface area contributed by atoms with Crippen LogP contribution in [-0.2, 0) is 9.53 Å². The third-order valence-corrected chi connectivity index (χ3v) is 4.58. The van der Waals surface area contributed by atoms with E-state index < -0.39 is 0 Å². The van der Waals surface area contributed by atoms with Crippen molar-refractivity contribution in [2.75, 3.05) is 12.4 Å². The molecule has 0 aliphatic carbocycles. The van der Waals surface area contributed by atoms with Crippen LogP contribution in [0.2, 0.25) is 0 Å². The van der Waals surface area contributed by atoms with Gasteiger partial charge in [0.2, 0.25) is 5.16 Å². The van der Waals surface area contributed by atoms with Gasteiger partial charge in [-0.05, 0) is 12.1 Å². The number of benzene rings is 1. The number of cyclic esters (lactones) is 1. The molecule has 0 radical (unpaired) electrons. The lowest BCUT2D eigenvalue weighted by Gasteiger charge is -2.06. The zero-order chi connectivity index (χ0) is 14.1. The Morgan fingerprint density at radius 1 is 1.45 bits per heavy atom. The highest BCUT2D eigenvalue weighted by Gasteiger charge is 2.29. The maximum Gasteiger partial charge on any atom is 0.319 e. The fourth-order valence-corrected chi connectivity index (χ4v) is 3.21. The molecule has 1 aliphatic rings. The molecule has 0 bridgehead atoms. The van der Waals surface area contributed by atoms with Gasteiger partial charge >= 0.3 is 5.97 Å². The van der Waals surface area contributed by atoms with Gasteiger partial charge in [0.05, 0.1) is 6.61 Å². The molecule has 0 unspecified atom stereocenters. The Kier molecular flexibility index (Phi) is 3.66. The second-order valence-corrected chi connectivity index (χ2v) is 6.33. The molecular weight excluding hydrogens is 344 g/mol. The van der Waals surface area contributed by atoms with Crippen LogP contribution < -0.4 is 5.84 Å². The van der Waals surface area contributed by atoms with Crippen LogP contribution in [0.1, 0.15) is 6.42 Å². The molecular formula is C12H11BrN4O2S. The van der Waals surface area contributed by atoms with Crippen LogP contribution in [0.3, 0.4) is 0 Å². The summed E-state index contributed by atoms with van der Waals surface area (Å²) < 4.78 is 7.26. The van der Waals surface area contributed by atoms with E-state index in [9.17, 15) is 4.79 Å². The second kappa shape index (κ2) is 5.45. The SMILES string of the molecule is Nn1c(S[C@@H]2CCOC2=O)nnc1-c1cccc(Br)c1. The zero-order valence-electron chi connectivity index (χ0n) is 10.3. The molecule has 1 aromatic carbocycles. The predicted molar refractivity (Wildman–Crippen MR) is 78.5 cm³/mol. The first-order valence-electron chi connectivity index (χ1n) is 5.95. The highest BCUT2D eigenvalue weighted by Crippen LogP contribution is 2.30. The quantitative estimate of drug-likeness (QED) is 0.668. The van der Waals surface area contributed by atoms with E-state index in [4.69, 9.17) is 10.6 Å². The van der Waals surface area contributed by atoms with Gasteiger partial charge in [-0.3, -0.25) is 4.79 Å². The van der Waals surface area contributed by atoms with Crippen LogP contribution in [0.15, 0.2) is 33.9 Å². The lowest BCUT2D eigenvalue weighted by molar-refractivity contribution is -0.137. The Bertz CT molecular complexity index is 661. The molecule has 2 heterocycles. The monoisotopic (exact) mass is 354 g/mol. The highest BCUT2D eigenvalue weighted by molar-refractivity contribution is 9.10. The molecule has 104 valence electrons. The molecule has 3 rings (SSSR count). The van der Waals surface area contributed by atoms with Crippen molar-refractivity contribution in [3.05, 3.63) is 28.7 Å². The number of nitrogen functional groups attached to an aromatic ring is 1.